The maximum Gasteiger partial charge on any atom is 0.315 e. The van der Waals surface area contributed by atoms with Crippen LogP contribution in [0, 0.1) is 0 Å². The molecule has 2 amide bonds. The molecule has 1 rings (SSSR count). The molecule has 1 aromatic carbocycles. The zero-order chi connectivity index (χ0) is 14.3. The topological polar surface area (TPSA) is 41.1 Å². The third kappa shape index (κ3) is 4.78. The summed E-state index contributed by atoms with van der Waals surface area (Å²) in [6, 6.07) is 7.90. The molecule has 0 aliphatic heterocycles. The van der Waals surface area contributed by atoms with Gasteiger partial charge < -0.3 is 10.6 Å². The number of amides is 2. The fraction of sp³-hybridized carbons (Fsp3) is 0.438. The van der Waals surface area contributed by atoms with Gasteiger partial charge in [-0.25, -0.2) is 4.79 Å². The molecule has 1 aromatic rings. The molecule has 0 bridgehead atoms. The molecular weight excluding hydrogens is 236 g/mol. The van der Waals surface area contributed by atoms with Gasteiger partial charge in [-0.3, -0.25) is 0 Å². The van der Waals surface area contributed by atoms with Crippen LogP contribution in [0.25, 0.3) is 6.08 Å². The summed E-state index contributed by atoms with van der Waals surface area (Å²) in [7, 11) is 0. The molecular formula is C16H24N2O. The van der Waals surface area contributed by atoms with Crippen LogP contribution in [0.15, 0.2) is 30.8 Å². The molecule has 2 N–H and O–H groups in total. The number of benzene rings is 1. The van der Waals surface area contributed by atoms with Crippen molar-refractivity contribution in [1.82, 2.24) is 10.6 Å². The van der Waals surface area contributed by atoms with Crippen molar-refractivity contribution in [3.63, 3.8) is 0 Å². The minimum absolute atomic E-state index is 0.123. The quantitative estimate of drug-likeness (QED) is 0.753. The summed E-state index contributed by atoms with van der Waals surface area (Å²) >= 11 is 0. The van der Waals surface area contributed by atoms with Crippen LogP contribution in [0.3, 0.4) is 0 Å². The van der Waals surface area contributed by atoms with E-state index in [4.69, 9.17) is 0 Å². The number of rotatable bonds is 6. The molecule has 0 aliphatic carbocycles. The summed E-state index contributed by atoms with van der Waals surface area (Å²) in [6.45, 7) is 10.6. The lowest BCUT2D eigenvalue weighted by molar-refractivity contribution is 0.230. The predicted molar refractivity (Wildman–Crippen MR) is 81.0 cm³/mol. The monoisotopic (exact) mass is 260 g/mol. The van der Waals surface area contributed by atoms with Gasteiger partial charge in [-0.1, -0.05) is 44.2 Å². The molecule has 104 valence electrons. The first kappa shape index (κ1) is 15.3. The fourth-order valence-corrected chi connectivity index (χ4v) is 1.83. The van der Waals surface area contributed by atoms with Crippen LogP contribution in [0.5, 0.6) is 0 Å². The van der Waals surface area contributed by atoms with Crippen LogP contribution in [0.2, 0.25) is 0 Å². The number of carbonyl (C=O) groups is 1. The van der Waals surface area contributed by atoms with Crippen LogP contribution in [-0.2, 0) is 5.54 Å². The van der Waals surface area contributed by atoms with Crippen LogP contribution < -0.4 is 10.6 Å². The van der Waals surface area contributed by atoms with Crippen molar-refractivity contribution in [2.45, 2.75) is 39.2 Å². The van der Waals surface area contributed by atoms with Gasteiger partial charge in [-0.15, -0.1) is 0 Å². The van der Waals surface area contributed by atoms with Crippen molar-refractivity contribution in [3.05, 3.63) is 42.0 Å². The Bertz CT molecular complexity index is 438. The van der Waals surface area contributed by atoms with Crippen molar-refractivity contribution in [3.8, 4) is 0 Å². The van der Waals surface area contributed by atoms with Crippen LogP contribution >= 0.6 is 0 Å². The second kappa shape index (κ2) is 6.98. The predicted octanol–water partition coefficient (Wildman–Crippen LogP) is 3.66. The second-order valence-electron chi connectivity index (χ2n) is 5.19. The lowest BCUT2D eigenvalue weighted by Gasteiger charge is -2.27. The van der Waals surface area contributed by atoms with E-state index < -0.39 is 5.54 Å². The normalized spacial score (nSPS) is 10.9. The first-order valence-corrected chi connectivity index (χ1v) is 6.78. The molecule has 0 radical (unpaired) electrons. The van der Waals surface area contributed by atoms with Gasteiger partial charge in [-0.05, 0) is 37.5 Å². The smallest absolute Gasteiger partial charge is 0.315 e. The number of urea groups is 1. The van der Waals surface area contributed by atoms with Gasteiger partial charge in [0.15, 0.2) is 0 Å². The van der Waals surface area contributed by atoms with E-state index in [1.165, 1.54) is 0 Å². The van der Waals surface area contributed by atoms with Gasteiger partial charge in [0.05, 0.1) is 5.54 Å². The molecule has 0 saturated carbocycles. The number of carbonyl (C=O) groups excluding carboxylic acids is 1. The molecule has 0 unspecified atom stereocenters. The third-order valence-electron chi connectivity index (χ3n) is 3.09. The van der Waals surface area contributed by atoms with Gasteiger partial charge in [-0.2, -0.15) is 0 Å². The van der Waals surface area contributed by atoms with E-state index in [2.05, 4.69) is 24.1 Å². The highest BCUT2D eigenvalue weighted by Crippen LogP contribution is 2.21. The summed E-state index contributed by atoms with van der Waals surface area (Å²) in [6.07, 6.45) is 3.88. The van der Waals surface area contributed by atoms with Crippen molar-refractivity contribution in [2.75, 3.05) is 6.54 Å². The number of hydrogen-bond donors (Lipinski definition) is 2. The molecule has 0 heterocycles. The Morgan fingerprint density at radius 1 is 1.42 bits per heavy atom. The number of hydrogen-bond acceptors (Lipinski definition) is 1. The van der Waals surface area contributed by atoms with Crippen molar-refractivity contribution < 1.29 is 4.79 Å². The summed E-state index contributed by atoms with van der Waals surface area (Å²) in [5, 5.41) is 5.87. The van der Waals surface area contributed by atoms with E-state index in [0.29, 0.717) is 6.54 Å². The van der Waals surface area contributed by atoms with Crippen molar-refractivity contribution in [1.29, 1.82) is 0 Å². The van der Waals surface area contributed by atoms with Gasteiger partial charge in [0, 0.05) is 6.54 Å². The standard InChI is InChI=1S/C16H24N2O/c1-5-7-11-17-15(19)18-16(3,4)14-10-8-9-13(6-2)12-14/h6,8-10,12H,2,5,7,11H2,1,3-4H3,(H2,17,18,19). The van der Waals surface area contributed by atoms with Gasteiger partial charge in [0.25, 0.3) is 0 Å². The van der Waals surface area contributed by atoms with Gasteiger partial charge in [0.1, 0.15) is 0 Å². The Balaban J connectivity index is 2.68. The van der Waals surface area contributed by atoms with E-state index in [9.17, 15) is 4.79 Å². The van der Waals surface area contributed by atoms with Gasteiger partial charge in [0.2, 0.25) is 0 Å². The molecule has 0 spiro atoms. The average Bonchev–Trinajstić information content (AvgIpc) is 2.38. The van der Waals surface area contributed by atoms with Crippen molar-refractivity contribution >= 4 is 12.1 Å². The average molecular weight is 260 g/mol. The number of unbranched alkanes of at least 4 members (excludes halogenated alkanes) is 1. The second-order valence-corrected chi connectivity index (χ2v) is 5.19. The third-order valence-corrected chi connectivity index (χ3v) is 3.09. The van der Waals surface area contributed by atoms with E-state index in [1.807, 2.05) is 38.1 Å². The molecule has 0 aliphatic rings. The molecule has 3 heteroatoms. The van der Waals surface area contributed by atoms with E-state index in [1.54, 1.807) is 6.08 Å². The first-order valence-electron chi connectivity index (χ1n) is 6.78. The zero-order valence-electron chi connectivity index (χ0n) is 12.1. The Hall–Kier alpha value is -1.77. The highest BCUT2D eigenvalue weighted by Gasteiger charge is 2.22. The van der Waals surface area contributed by atoms with E-state index in [0.717, 1.165) is 24.0 Å². The summed E-state index contributed by atoms with van der Waals surface area (Å²) in [4.78, 5) is 11.8. The lowest BCUT2D eigenvalue weighted by Crippen LogP contribution is -2.46. The molecule has 0 aromatic heterocycles. The molecule has 0 saturated heterocycles. The largest absolute Gasteiger partial charge is 0.338 e. The Kier molecular flexibility index (Phi) is 5.61. The molecule has 19 heavy (non-hydrogen) atoms. The Labute approximate surface area is 116 Å². The van der Waals surface area contributed by atoms with Crippen LogP contribution in [0.1, 0.15) is 44.7 Å². The SMILES string of the molecule is C=Cc1cccc(C(C)(C)NC(=O)NCCCC)c1. The van der Waals surface area contributed by atoms with E-state index in [-0.39, 0.29) is 6.03 Å². The van der Waals surface area contributed by atoms with Crippen molar-refractivity contribution in [2.24, 2.45) is 0 Å². The van der Waals surface area contributed by atoms with Gasteiger partial charge >= 0.3 is 6.03 Å². The summed E-state index contributed by atoms with van der Waals surface area (Å²) in [5.74, 6) is 0. The molecule has 0 atom stereocenters. The summed E-state index contributed by atoms with van der Waals surface area (Å²) in [5.41, 5.74) is 1.71. The minimum Gasteiger partial charge on any atom is -0.338 e. The number of nitrogens with one attached hydrogen (secondary N) is 2. The highest BCUT2D eigenvalue weighted by atomic mass is 16.2. The Morgan fingerprint density at radius 3 is 2.79 bits per heavy atom. The Morgan fingerprint density at radius 2 is 2.16 bits per heavy atom. The fourth-order valence-electron chi connectivity index (χ4n) is 1.83. The maximum absolute atomic E-state index is 11.8. The van der Waals surface area contributed by atoms with Crippen LogP contribution in [-0.4, -0.2) is 12.6 Å². The minimum atomic E-state index is -0.407. The first-order chi connectivity index (χ1) is 8.99. The summed E-state index contributed by atoms with van der Waals surface area (Å²) < 4.78 is 0. The molecule has 0 fully saturated rings. The van der Waals surface area contributed by atoms with E-state index >= 15 is 0 Å². The molecule has 3 nitrogen and oxygen atoms in total. The zero-order valence-corrected chi connectivity index (χ0v) is 12.1. The lowest BCUT2D eigenvalue weighted by atomic mass is 9.93. The maximum atomic E-state index is 11.8. The van der Waals surface area contributed by atoms with Crippen LogP contribution in [0.4, 0.5) is 4.79 Å². The highest BCUT2D eigenvalue weighted by molar-refractivity contribution is 5.75.